The van der Waals surface area contributed by atoms with Crippen LogP contribution in [0.1, 0.15) is 22.6 Å². The molecule has 3 nitrogen and oxygen atoms in total. The van der Waals surface area contributed by atoms with Crippen LogP contribution in [-0.4, -0.2) is 6.10 Å². The van der Waals surface area contributed by atoms with Crippen molar-refractivity contribution < 1.29 is 4.74 Å². The summed E-state index contributed by atoms with van der Waals surface area (Å²) in [6.07, 6.45) is 2.08. The Balaban J connectivity index is 1.32. The van der Waals surface area contributed by atoms with Gasteiger partial charge in [0, 0.05) is 28.3 Å². The van der Waals surface area contributed by atoms with E-state index in [1.54, 1.807) is 0 Å². The SMILES string of the molecule is C1=C(N(c2ccccc2)c2ccccc2)C2Oc3c(N(c4ccccc4)c4ccccc4)cc4ccccc4c3C2c2ccccc21. The van der Waals surface area contributed by atoms with Gasteiger partial charge >= 0.3 is 0 Å². The maximum atomic E-state index is 7.42. The highest BCUT2D eigenvalue weighted by Crippen LogP contribution is 2.57. The van der Waals surface area contributed by atoms with Crippen molar-refractivity contribution in [2.75, 3.05) is 9.80 Å². The second-order valence-electron chi connectivity index (χ2n) is 12.1. The molecule has 1 aliphatic carbocycles. The monoisotopic (exact) mass is 604 g/mol. The van der Waals surface area contributed by atoms with Crippen molar-refractivity contribution in [2.24, 2.45) is 0 Å². The Morgan fingerprint density at radius 1 is 0.468 bits per heavy atom. The van der Waals surface area contributed by atoms with Crippen molar-refractivity contribution in [3.63, 3.8) is 0 Å². The number of rotatable bonds is 6. The Bertz CT molecular complexity index is 2150. The van der Waals surface area contributed by atoms with Crippen molar-refractivity contribution >= 4 is 45.3 Å². The smallest absolute Gasteiger partial charge is 0.150 e. The van der Waals surface area contributed by atoms with Crippen molar-refractivity contribution in [1.82, 2.24) is 0 Å². The molecule has 0 saturated heterocycles. The minimum absolute atomic E-state index is 0.00521. The molecule has 0 bridgehead atoms. The number of benzene rings is 7. The van der Waals surface area contributed by atoms with Gasteiger partial charge in [0.1, 0.15) is 5.75 Å². The van der Waals surface area contributed by atoms with E-state index in [1.807, 2.05) is 0 Å². The first-order chi connectivity index (χ1) is 23.3. The van der Waals surface area contributed by atoms with Gasteiger partial charge in [-0.25, -0.2) is 0 Å². The molecule has 0 radical (unpaired) electrons. The summed E-state index contributed by atoms with van der Waals surface area (Å²) < 4.78 is 7.42. The van der Waals surface area contributed by atoms with E-state index >= 15 is 0 Å². The van der Waals surface area contributed by atoms with E-state index in [1.165, 1.54) is 27.5 Å². The van der Waals surface area contributed by atoms with Crippen LogP contribution in [0.3, 0.4) is 0 Å². The van der Waals surface area contributed by atoms with Crippen molar-refractivity contribution in [1.29, 1.82) is 0 Å². The first-order valence-corrected chi connectivity index (χ1v) is 16.2. The quantitative estimate of drug-likeness (QED) is 0.188. The molecule has 2 unspecified atom stereocenters. The average Bonchev–Trinajstić information content (AvgIpc) is 3.56. The molecule has 1 aliphatic heterocycles. The fraction of sp³-hybridized carbons (Fsp3) is 0.0455. The molecule has 7 aromatic rings. The third-order valence-electron chi connectivity index (χ3n) is 9.36. The predicted octanol–water partition coefficient (Wildman–Crippen LogP) is 11.4. The van der Waals surface area contributed by atoms with Crippen LogP contribution in [0, 0.1) is 0 Å². The van der Waals surface area contributed by atoms with Crippen molar-refractivity contribution in [3.05, 3.63) is 198 Å². The van der Waals surface area contributed by atoms with Crippen LogP contribution < -0.4 is 14.5 Å². The highest BCUT2D eigenvalue weighted by Gasteiger charge is 2.46. The van der Waals surface area contributed by atoms with Gasteiger partial charge in [-0.15, -0.1) is 0 Å². The lowest BCUT2D eigenvalue weighted by atomic mass is 9.78. The number of hydrogen-bond acceptors (Lipinski definition) is 3. The van der Waals surface area contributed by atoms with Crippen LogP contribution in [0.2, 0.25) is 0 Å². The van der Waals surface area contributed by atoms with Crippen LogP contribution in [0.25, 0.3) is 16.8 Å². The number of ether oxygens (including phenoxy) is 1. The Hall–Kier alpha value is -6.06. The van der Waals surface area contributed by atoms with E-state index in [4.69, 9.17) is 4.74 Å². The summed E-state index contributed by atoms with van der Waals surface area (Å²) >= 11 is 0. The minimum atomic E-state index is -0.252. The summed E-state index contributed by atoms with van der Waals surface area (Å²) in [5.74, 6) is 0.921. The molecular weight excluding hydrogens is 572 g/mol. The van der Waals surface area contributed by atoms with E-state index in [0.29, 0.717) is 0 Å². The molecule has 0 spiro atoms. The fourth-order valence-corrected chi connectivity index (χ4v) is 7.38. The number of para-hydroxylation sites is 4. The van der Waals surface area contributed by atoms with Gasteiger partial charge in [-0.3, -0.25) is 0 Å². The normalized spacial score (nSPS) is 16.0. The van der Waals surface area contributed by atoms with Crippen molar-refractivity contribution in [3.8, 4) is 5.75 Å². The third kappa shape index (κ3) is 4.59. The topological polar surface area (TPSA) is 15.7 Å². The summed E-state index contributed by atoms with van der Waals surface area (Å²) in [7, 11) is 0. The zero-order valence-corrected chi connectivity index (χ0v) is 25.8. The number of nitrogens with zero attached hydrogens (tertiary/aromatic N) is 2. The van der Waals surface area contributed by atoms with Crippen molar-refractivity contribution in [2.45, 2.75) is 12.0 Å². The molecule has 1 heterocycles. The van der Waals surface area contributed by atoms with Gasteiger partial charge < -0.3 is 14.5 Å². The Morgan fingerprint density at radius 2 is 0.957 bits per heavy atom. The van der Waals surface area contributed by atoms with Gasteiger partial charge in [-0.1, -0.05) is 121 Å². The second kappa shape index (κ2) is 11.4. The van der Waals surface area contributed by atoms with Gasteiger partial charge in [-0.2, -0.15) is 0 Å². The van der Waals surface area contributed by atoms with Gasteiger partial charge in [0.2, 0.25) is 0 Å². The molecule has 0 N–H and O–H groups in total. The Morgan fingerprint density at radius 3 is 1.55 bits per heavy atom. The van der Waals surface area contributed by atoms with E-state index in [9.17, 15) is 0 Å². The van der Waals surface area contributed by atoms with Gasteiger partial charge in [0.15, 0.2) is 6.10 Å². The lowest BCUT2D eigenvalue weighted by Gasteiger charge is -2.36. The molecule has 47 heavy (non-hydrogen) atoms. The van der Waals surface area contributed by atoms with E-state index in [0.717, 1.165) is 39.9 Å². The number of fused-ring (bicyclic) bond motifs is 7. The highest BCUT2D eigenvalue weighted by atomic mass is 16.5. The van der Waals surface area contributed by atoms with Gasteiger partial charge in [0.05, 0.1) is 17.3 Å². The standard InChI is InChI=1S/C44H32N2O/c1-5-19-33(20-6-1)45(34-21-7-2-8-22-34)39-29-31-17-13-15-27-37(31)41-42-38-28-16-14-18-32(38)30-40(44(42)47-43(39)41)46(35-23-9-3-10-24-35)36-25-11-4-12-26-36/h1-30,41,43H. The average molecular weight is 605 g/mol. The maximum Gasteiger partial charge on any atom is 0.150 e. The molecule has 3 heteroatoms. The first-order valence-electron chi connectivity index (χ1n) is 16.2. The highest BCUT2D eigenvalue weighted by molar-refractivity contribution is 5.98. The molecule has 0 aromatic heterocycles. The fourth-order valence-electron chi connectivity index (χ4n) is 7.38. The third-order valence-corrected chi connectivity index (χ3v) is 9.36. The summed E-state index contributed by atoms with van der Waals surface area (Å²) in [5, 5.41) is 2.42. The number of hydrogen-bond donors (Lipinski definition) is 0. The van der Waals surface area contributed by atoms with E-state index in [2.05, 4.69) is 192 Å². The molecule has 9 rings (SSSR count). The summed E-state index contributed by atoms with van der Waals surface area (Å²) in [5.41, 5.74) is 10.3. The Labute approximate surface area is 275 Å². The molecule has 0 amide bonds. The molecule has 2 atom stereocenters. The molecule has 7 aromatic carbocycles. The van der Waals surface area contributed by atoms with Gasteiger partial charge in [-0.05, 0) is 82.6 Å². The zero-order valence-electron chi connectivity index (χ0n) is 25.8. The van der Waals surface area contributed by atoms with Gasteiger partial charge in [0.25, 0.3) is 0 Å². The lowest BCUT2D eigenvalue weighted by molar-refractivity contribution is 0.253. The lowest BCUT2D eigenvalue weighted by Crippen LogP contribution is -2.34. The largest absolute Gasteiger partial charge is 0.481 e. The summed E-state index contributed by atoms with van der Waals surface area (Å²) in [4.78, 5) is 4.71. The minimum Gasteiger partial charge on any atom is -0.481 e. The van der Waals surface area contributed by atoms with Crippen LogP contribution in [-0.2, 0) is 0 Å². The first kappa shape index (κ1) is 27.3. The molecule has 0 saturated carbocycles. The molecule has 224 valence electrons. The molecule has 0 fully saturated rings. The molecular formula is C44H32N2O. The summed E-state index contributed by atoms with van der Waals surface area (Å²) in [6, 6.07) is 62.4. The Kier molecular flexibility index (Phi) is 6.60. The van der Waals surface area contributed by atoms with Crippen LogP contribution in [0.4, 0.5) is 28.4 Å². The number of anilines is 5. The second-order valence-corrected chi connectivity index (χ2v) is 12.1. The zero-order chi connectivity index (χ0) is 31.2. The van der Waals surface area contributed by atoms with Crippen LogP contribution >= 0.6 is 0 Å². The maximum absolute atomic E-state index is 7.42. The summed E-state index contributed by atoms with van der Waals surface area (Å²) in [6.45, 7) is 0. The van der Waals surface area contributed by atoms with E-state index in [-0.39, 0.29) is 12.0 Å². The van der Waals surface area contributed by atoms with Crippen LogP contribution in [0.15, 0.2) is 182 Å². The molecule has 2 aliphatic rings. The van der Waals surface area contributed by atoms with Crippen LogP contribution in [0.5, 0.6) is 5.75 Å². The predicted molar refractivity (Wildman–Crippen MR) is 194 cm³/mol. The van der Waals surface area contributed by atoms with E-state index < -0.39 is 0 Å².